The van der Waals surface area contributed by atoms with Crippen LogP contribution in [0.2, 0.25) is 0 Å². The second-order valence-corrected chi connectivity index (χ2v) is 4.36. The first kappa shape index (κ1) is 12.9. The van der Waals surface area contributed by atoms with E-state index < -0.39 is 0 Å². The molecule has 96 valence electrons. The minimum atomic E-state index is 0.0939. The number of rotatable bonds is 6. The van der Waals surface area contributed by atoms with E-state index in [1.807, 2.05) is 30.3 Å². The summed E-state index contributed by atoms with van der Waals surface area (Å²) < 4.78 is 10.7. The SMILES string of the molecule is N#CCOc1ccc(CNCC2CCCO2)cc1. The molecule has 0 bridgehead atoms. The van der Waals surface area contributed by atoms with Crippen LogP contribution in [0, 0.1) is 11.3 Å². The van der Waals surface area contributed by atoms with Crippen molar-refractivity contribution in [2.45, 2.75) is 25.5 Å². The minimum Gasteiger partial charge on any atom is -0.479 e. The fraction of sp³-hybridized carbons (Fsp3) is 0.500. The van der Waals surface area contributed by atoms with Crippen LogP contribution in [0.1, 0.15) is 18.4 Å². The van der Waals surface area contributed by atoms with Gasteiger partial charge in [0.25, 0.3) is 0 Å². The molecule has 1 aliphatic heterocycles. The lowest BCUT2D eigenvalue weighted by Crippen LogP contribution is -2.25. The summed E-state index contributed by atoms with van der Waals surface area (Å²) in [4.78, 5) is 0. The minimum absolute atomic E-state index is 0.0939. The quantitative estimate of drug-likeness (QED) is 0.832. The Balaban J connectivity index is 1.70. The van der Waals surface area contributed by atoms with Crippen LogP contribution in [0.4, 0.5) is 0 Å². The first-order chi connectivity index (χ1) is 8.88. The molecule has 18 heavy (non-hydrogen) atoms. The van der Waals surface area contributed by atoms with Gasteiger partial charge in [0.2, 0.25) is 0 Å². The van der Waals surface area contributed by atoms with Gasteiger partial charge in [-0.25, -0.2) is 0 Å². The maximum atomic E-state index is 8.41. The van der Waals surface area contributed by atoms with Crippen LogP contribution in [-0.4, -0.2) is 25.9 Å². The smallest absolute Gasteiger partial charge is 0.174 e. The Labute approximate surface area is 108 Å². The zero-order valence-corrected chi connectivity index (χ0v) is 10.4. The van der Waals surface area contributed by atoms with Crippen LogP contribution in [0.3, 0.4) is 0 Å². The van der Waals surface area contributed by atoms with Crippen LogP contribution in [0.25, 0.3) is 0 Å². The van der Waals surface area contributed by atoms with Gasteiger partial charge in [0.15, 0.2) is 6.61 Å². The van der Waals surface area contributed by atoms with E-state index in [1.165, 1.54) is 12.0 Å². The molecule has 1 aromatic rings. The highest BCUT2D eigenvalue weighted by Crippen LogP contribution is 2.13. The van der Waals surface area contributed by atoms with Gasteiger partial charge in [0, 0.05) is 19.7 Å². The molecule has 0 aliphatic carbocycles. The lowest BCUT2D eigenvalue weighted by molar-refractivity contribution is 0.110. The van der Waals surface area contributed by atoms with Crippen molar-refractivity contribution in [2.75, 3.05) is 19.8 Å². The van der Waals surface area contributed by atoms with Crippen molar-refractivity contribution in [3.63, 3.8) is 0 Å². The van der Waals surface area contributed by atoms with Gasteiger partial charge in [-0.1, -0.05) is 12.1 Å². The fourth-order valence-electron chi connectivity index (χ4n) is 2.00. The molecule has 1 aliphatic rings. The van der Waals surface area contributed by atoms with Gasteiger partial charge >= 0.3 is 0 Å². The maximum absolute atomic E-state index is 8.41. The van der Waals surface area contributed by atoms with Crippen LogP contribution in [0.5, 0.6) is 5.75 Å². The third kappa shape index (κ3) is 4.02. The van der Waals surface area contributed by atoms with E-state index in [0.29, 0.717) is 6.10 Å². The molecule has 0 aromatic heterocycles. The Morgan fingerprint density at radius 1 is 1.39 bits per heavy atom. The van der Waals surface area contributed by atoms with Gasteiger partial charge in [0.1, 0.15) is 11.8 Å². The Hall–Kier alpha value is -1.57. The normalized spacial score (nSPS) is 18.5. The van der Waals surface area contributed by atoms with E-state index in [4.69, 9.17) is 14.7 Å². The van der Waals surface area contributed by atoms with Crippen molar-refractivity contribution in [2.24, 2.45) is 0 Å². The van der Waals surface area contributed by atoms with Gasteiger partial charge in [-0.2, -0.15) is 5.26 Å². The van der Waals surface area contributed by atoms with E-state index in [9.17, 15) is 0 Å². The predicted octanol–water partition coefficient (Wildman–Crippen LogP) is 1.86. The molecule has 1 heterocycles. The number of nitrogens with zero attached hydrogens (tertiary/aromatic N) is 1. The zero-order valence-electron chi connectivity index (χ0n) is 10.4. The molecule has 1 saturated heterocycles. The molecule has 0 spiro atoms. The van der Waals surface area contributed by atoms with Crippen LogP contribution in [-0.2, 0) is 11.3 Å². The first-order valence-electron chi connectivity index (χ1n) is 6.29. The number of hydrogen-bond donors (Lipinski definition) is 1. The molecule has 1 atom stereocenters. The number of nitriles is 1. The van der Waals surface area contributed by atoms with Gasteiger partial charge in [-0.05, 0) is 30.5 Å². The predicted molar refractivity (Wildman–Crippen MR) is 68.2 cm³/mol. The van der Waals surface area contributed by atoms with Crippen LogP contribution >= 0.6 is 0 Å². The number of ether oxygens (including phenoxy) is 2. The van der Waals surface area contributed by atoms with Crippen molar-refractivity contribution in [3.8, 4) is 11.8 Å². The summed E-state index contributed by atoms with van der Waals surface area (Å²) in [5.41, 5.74) is 1.21. The molecule has 4 heteroatoms. The highest BCUT2D eigenvalue weighted by molar-refractivity contribution is 5.27. The lowest BCUT2D eigenvalue weighted by atomic mass is 10.2. The first-order valence-corrected chi connectivity index (χ1v) is 6.29. The lowest BCUT2D eigenvalue weighted by Gasteiger charge is -2.11. The van der Waals surface area contributed by atoms with Gasteiger partial charge in [-0.3, -0.25) is 0 Å². The Kier molecular flexibility index (Phi) is 5.00. The molecule has 1 unspecified atom stereocenters. The van der Waals surface area contributed by atoms with Crippen molar-refractivity contribution in [1.82, 2.24) is 5.32 Å². The third-order valence-corrected chi connectivity index (χ3v) is 2.95. The summed E-state index contributed by atoms with van der Waals surface area (Å²) in [5, 5.41) is 11.8. The van der Waals surface area contributed by atoms with E-state index in [-0.39, 0.29) is 6.61 Å². The average Bonchev–Trinajstić information content (AvgIpc) is 2.91. The third-order valence-electron chi connectivity index (χ3n) is 2.95. The second-order valence-electron chi connectivity index (χ2n) is 4.36. The Morgan fingerprint density at radius 3 is 2.89 bits per heavy atom. The number of benzene rings is 1. The van der Waals surface area contributed by atoms with Gasteiger partial charge in [-0.15, -0.1) is 0 Å². The van der Waals surface area contributed by atoms with E-state index in [2.05, 4.69) is 5.32 Å². The largest absolute Gasteiger partial charge is 0.479 e. The van der Waals surface area contributed by atoms with Crippen molar-refractivity contribution in [3.05, 3.63) is 29.8 Å². The zero-order chi connectivity index (χ0) is 12.6. The summed E-state index contributed by atoms with van der Waals surface area (Å²) in [6, 6.07) is 9.74. The summed E-state index contributed by atoms with van der Waals surface area (Å²) in [5.74, 6) is 0.736. The average molecular weight is 246 g/mol. The van der Waals surface area contributed by atoms with Crippen molar-refractivity contribution < 1.29 is 9.47 Å². The molecular formula is C14H18N2O2. The highest BCUT2D eigenvalue weighted by atomic mass is 16.5. The number of hydrogen-bond acceptors (Lipinski definition) is 4. The molecular weight excluding hydrogens is 228 g/mol. The molecule has 4 nitrogen and oxygen atoms in total. The Bertz CT molecular complexity index is 391. The molecule has 1 N–H and O–H groups in total. The van der Waals surface area contributed by atoms with Gasteiger partial charge < -0.3 is 14.8 Å². The monoisotopic (exact) mass is 246 g/mol. The summed E-state index contributed by atoms with van der Waals surface area (Å²) in [6.45, 7) is 2.74. The maximum Gasteiger partial charge on any atom is 0.174 e. The summed E-state index contributed by atoms with van der Waals surface area (Å²) in [7, 11) is 0. The fourth-order valence-corrected chi connectivity index (χ4v) is 2.00. The van der Waals surface area contributed by atoms with E-state index >= 15 is 0 Å². The molecule has 2 rings (SSSR count). The standard InChI is InChI=1S/C14H18N2O2/c15-7-9-18-13-5-3-12(4-6-13)10-16-11-14-2-1-8-17-14/h3-6,14,16H,1-2,8-11H2. The topological polar surface area (TPSA) is 54.3 Å². The summed E-state index contributed by atoms with van der Waals surface area (Å²) >= 11 is 0. The molecule has 1 fully saturated rings. The summed E-state index contributed by atoms with van der Waals surface area (Å²) in [6.07, 6.45) is 2.72. The van der Waals surface area contributed by atoms with Crippen LogP contribution in [0.15, 0.2) is 24.3 Å². The van der Waals surface area contributed by atoms with Gasteiger partial charge in [0.05, 0.1) is 6.10 Å². The second kappa shape index (κ2) is 7.00. The molecule has 0 radical (unpaired) electrons. The molecule has 0 amide bonds. The Morgan fingerprint density at radius 2 is 2.22 bits per heavy atom. The van der Waals surface area contributed by atoms with E-state index in [1.54, 1.807) is 0 Å². The van der Waals surface area contributed by atoms with E-state index in [0.717, 1.165) is 31.9 Å². The van der Waals surface area contributed by atoms with Crippen molar-refractivity contribution >= 4 is 0 Å². The molecule has 1 aromatic carbocycles. The molecule has 0 saturated carbocycles. The van der Waals surface area contributed by atoms with Crippen molar-refractivity contribution in [1.29, 1.82) is 5.26 Å². The number of nitrogens with one attached hydrogen (secondary N) is 1. The highest BCUT2D eigenvalue weighted by Gasteiger charge is 2.14. The van der Waals surface area contributed by atoms with Crippen LogP contribution < -0.4 is 10.1 Å².